The smallest absolute Gasteiger partial charge is 0.225 e. The van der Waals surface area contributed by atoms with E-state index in [1.807, 2.05) is 6.92 Å². The zero-order valence-corrected chi connectivity index (χ0v) is 11.3. The molecule has 0 unspecified atom stereocenters. The van der Waals surface area contributed by atoms with E-state index in [9.17, 15) is 0 Å². The van der Waals surface area contributed by atoms with Gasteiger partial charge in [0.15, 0.2) is 9.99 Å². The van der Waals surface area contributed by atoms with Gasteiger partial charge in [-0.15, -0.1) is 0 Å². The summed E-state index contributed by atoms with van der Waals surface area (Å²) < 4.78 is 5.00. The molecule has 0 aliphatic rings. The van der Waals surface area contributed by atoms with Crippen LogP contribution in [0.5, 0.6) is 0 Å². The number of H-pyrrole nitrogens is 1. The van der Waals surface area contributed by atoms with E-state index in [0.29, 0.717) is 11.6 Å². The molecule has 0 saturated carbocycles. The van der Waals surface area contributed by atoms with Crippen LogP contribution in [0.2, 0.25) is 0 Å². The zero-order chi connectivity index (χ0) is 12.5. The maximum atomic E-state index is 4.40. The normalized spacial score (nSPS) is 11.0. The van der Waals surface area contributed by atoms with Gasteiger partial charge in [-0.1, -0.05) is 0 Å². The van der Waals surface area contributed by atoms with Gasteiger partial charge in [0.25, 0.3) is 0 Å². The van der Waals surface area contributed by atoms with Gasteiger partial charge < -0.3 is 10.3 Å². The average molecular weight is 279 g/mol. The molecule has 9 heteroatoms. The quantitative estimate of drug-likeness (QED) is 0.705. The number of nitrogens with zero attached hydrogens (tertiary/aromatic N) is 5. The summed E-state index contributed by atoms with van der Waals surface area (Å²) in [6, 6.07) is 0. The Morgan fingerprint density at radius 1 is 1.33 bits per heavy atom. The van der Waals surface area contributed by atoms with Crippen LogP contribution in [0.3, 0.4) is 0 Å². The summed E-state index contributed by atoms with van der Waals surface area (Å²) in [5.74, 6) is 1.31. The van der Waals surface area contributed by atoms with Gasteiger partial charge in [-0.3, -0.25) is 0 Å². The van der Waals surface area contributed by atoms with Crippen LogP contribution in [-0.2, 0) is 0 Å². The summed E-state index contributed by atoms with van der Waals surface area (Å²) in [5, 5.41) is 3.71. The lowest BCUT2D eigenvalue weighted by Crippen LogP contribution is -1.98. The molecule has 0 saturated heterocycles. The molecule has 0 aliphatic carbocycles. The third kappa shape index (κ3) is 2.02. The van der Waals surface area contributed by atoms with Crippen molar-refractivity contribution in [2.45, 2.75) is 16.3 Å². The maximum Gasteiger partial charge on any atom is 0.225 e. The lowest BCUT2D eigenvalue weighted by molar-refractivity contribution is 1.07. The fraction of sp³-hybridized carbons (Fsp3) is 0.222. The maximum absolute atomic E-state index is 4.40. The van der Waals surface area contributed by atoms with Gasteiger partial charge in [0.1, 0.15) is 16.4 Å². The highest BCUT2D eigenvalue weighted by atomic mass is 32.2. The van der Waals surface area contributed by atoms with Crippen LogP contribution in [-0.4, -0.2) is 36.3 Å². The van der Waals surface area contributed by atoms with Gasteiger partial charge in [0.2, 0.25) is 5.95 Å². The van der Waals surface area contributed by atoms with Crippen LogP contribution in [0.25, 0.3) is 11.2 Å². The predicted molar refractivity (Wildman–Crippen MR) is 70.0 cm³/mol. The molecule has 0 bridgehead atoms. The number of aromatic amines is 1. The highest BCUT2D eigenvalue weighted by Crippen LogP contribution is 2.31. The van der Waals surface area contributed by atoms with Gasteiger partial charge in [0.05, 0.1) is 6.33 Å². The highest BCUT2D eigenvalue weighted by Gasteiger charge is 2.12. The van der Waals surface area contributed by atoms with Crippen molar-refractivity contribution in [3.8, 4) is 0 Å². The Kier molecular flexibility index (Phi) is 2.84. The Balaban J connectivity index is 2.06. The van der Waals surface area contributed by atoms with Crippen LogP contribution in [0.1, 0.15) is 5.82 Å². The number of hydrogen-bond acceptors (Lipinski definition) is 8. The first kappa shape index (κ1) is 11.4. The van der Waals surface area contributed by atoms with Gasteiger partial charge in [0, 0.05) is 7.05 Å². The Labute approximate surface area is 111 Å². The largest absolute Gasteiger partial charge is 0.357 e. The summed E-state index contributed by atoms with van der Waals surface area (Å²) >= 11 is 2.81. The molecule has 0 aliphatic heterocycles. The molecule has 0 amide bonds. The molecule has 3 aromatic heterocycles. The number of rotatable bonds is 3. The van der Waals surface area contributed by atoms with E-state index in [4.69, 9.17) is 0 Å². The van der Waals surface area contributed by atoms with Gasteiger partial charge >= 0.3 is 0 Å². The summed E-state index contributed by atoms with van der Waals surface area (Å²) in [6.07, 6.45) is 1.61. The van der Waals surface area contributed by atoms with E-state index in [1.54, 1.807) is 13.4 Å². The van der Waals surface area contributed by atoms with Crippen LogP contribution in [0.15, 0.2) is 15.7 Å². The molecule has 0 atom stereocenters. The molecule has 7 nitrogen and oxygen atoms in total. The van der Waals surface area contributed by atoms with Gasteiger partial charge in [-0.25, -0.2) is 15.0 Å². The van der Waals surface area contributed by atoms with Gasteiger partial charge in [-0.2, -0.15) is 9.36 Å². The molecule has 3 heterocycles. The van der Waals surface area contributed by atoms with E-state index in [-0.39, 0.29) is 0 Å². The molecule has 0 aromatic carbocycles. The fourth-order valence-electron chi connectivity index (χ4n) is 1.39. The summed E-state index contributed by atoms with van der Waals surface area (Å²) in [5.41, 5.74) is 1.45. The summed E-state index contributed by atoms with van der Waals surface area (Å²) in [4.78, 5) is 20.1. The lowest BCUT2D eigenvalue weighted by Gasteiger charge is -2.02. The number of imidazole rings is 1. The first-order valence-corrected chi connectivity index (χ1v) is 6.72. The summed E-state index contributed by atoms with van der Waals surface area (Å²) in [7, 11) is 1.78. The van der Waals surface area contributed by atoms with E-state index in [0.717, 1.165) is 20.7 Å². The Bertz CT molecular complexity index is 689. The molecule has 92 valence electrons. The second-order valence-corrected chi connectivity index (χ2v) is 5.40. The minimum absolute atomic E-state index is 0.540. The van der Waals surface area contributed by atoms with Crippen molar-refractivity contribution in [2.24, 2.45) is 0 Å². The second-order valence-electron chi connectivity index (χ2n) is 3.41. The molecule has 3 aromatic rings. The van der Waals surface area contributed by atoms with Crippen molar-refractivity contribution < 1.29 is 0 Å². The van der Waals surface area contributed by atoms with Crippen LogP contribution >= 0.6 is 23.3 Å². The SMILES string of the molecule is CNc1nc(Sc2nc(C)ns2)c2[nH]cnc2n1. The third-order valence-corrected chi connectivity index (χ3v) is 4.00. The third-order valence-electron chi connectivity index (χ3n) is 2.17. The number of hydrogen-bond donors (Lipinski definition) is 2. The van der Waals surface area contributed by atoms with Crippen molar-refractivity contribution in [2.75, 3.05) is 12.4 Å². The molecular weight excluding hydrogens is 270 g/mol. The predicted octanol–water partition coefficient (Wildman–Crippen LogP) is 1.71. The molecule has 2 N–H and O–H groups in total. The minimum Gasteiger partial charge on any atom is -0.357 e. The first-order chi connectivity index (χ1) is 8.76. The molecule has 0 fully saturated rings. The number of fused-ring (bicyclic) bond motifs is 1. The van der Waals surface area contributed by atoms with Crippen molar-refractivity contribution >= 4 is 40.4 Å². The van der Waals surface area contributed by atoms with E-state index >= 15 is 0 Å². The average Bonchev–Trinajstić information content (AvgIpc) is 2.98. The standard InChI is InChI=1S/C9H9N7S2/c1-4-13-9(18-16-4)17-7-5-6(12-3-11-5)14-8(10-2)15-7/h3H,1-2H3,(H2,10,11,12,14,15). The monoisotopic (exact) mass is 279 g/mol. The van der Waals surface area contributed by atoms with E-state index < -0.39 is 0 Å². The molecule has 3 rings (SSSR count). The van der Waals surface area contributed by atoms with Crippen LogP contribution < -0.4 is 5.32 Å². The number of aryl methyl sites for hydroxylation is 1. The summed E-state index contributed by atoms with van der Waals surface area (Å²) in [6.45, 7) is 1.87. The molecular formula is C9H9N7S2. The van der Waals surface area contributed by atoms with Crippen molar-refractivity contribution in [1.29, 1.82) is 0 Å². The number of aromatic nitrogens is 6. The van der Waals surface area contributed by atoms with Gasteiger partial charge in [-0.05, 0) is 30.2 Å². The van der Waals surface area contributed by atoms with Crippen molar-refractivity contribution in [3.63, 3.8) is 0 Å². The van der Waals surface area contributed by atoms with Crippen molar-refractivity contribution in [3.05, 3.63) is 12.2 Å². The minimum atomic E-state index is 0.540. The Morgan fingerprint density at radius 2 is 2.22 bits per heavy atom. The second kappa shape index (κ2) is 4.50. The fourth-order valence-corrected chi connectivity index (χ4v) is 3.04. The number of anilines is 1. The Morgan fingerprint density at radius 3 is 2.94 bits per heavy atom. The van der Waals surface area contributed by atoms with Crippen LogP contribution in [0, 0.1) is 6.92 Å². The van der Waals surface area contributed by atoms with E-state index in [1.165, 1.54) is 23.3 Å². The highest BCUT2D eigenvalue weighted by molar-refractivity contribution is 8.01. The van der Waals surface area contributed by atoms with E-state index in [2.05, 4.69) is 34.6 Å². The Hall–Kier alpha value is -1.74. The first-order valence-electron chi connectivity index (χ1n) is 5.13. The number of nitrogens with one attached hydrogen (secondary N) is 2. The molecule has 0 spiro atoms. The van der Waals surface area contributed by atoms with Crippen molar-refractivity contribution in [1.82, 2.24) is 29.3 Å². The zero-order valence-electron chi connectivity index (χ0n) is 9.63. The molecule has 0 radical (unpaired) electrons. The molecule has 18 heavy (non-hydrogen) atoms. The van der Waals surface area contributed by atoms with Crippen LogP contribution in [0.4, 0.5) is 5.95 Å². The topological polar surface area (TPSA) is 92.3 Å². The lowest BCUT2D eigenvalue weighted by atomic mass is 10.5.